The summed E-state index contributed by atoms with van der Waals surface area (Å²) in [6.45, 7) is 4.63. The molecule has 0 aliphatic carbocycles. The molecule has 0 aromatic carbocycles. The van der Waals surface area contributed by atoms with Crippen molar-refractivity contribution in [2.24, 2.45) is 11.5 Å². The largest absolute Gasteiger partial charge is 0.329 e. The Kier molecular flexibility index (Phi) is 33.8. The van der Waals surface area contributed by atoms with E-state index in [9.17, 15) is 0 Å². The van der Waals surface area contributed by atoms with E-state index in [1.807, 2.05) is 0 Å². The first-order chi connectivity index (χ1) is 18.3. The molecule has 37 heavy (non-hydrogen) atoms. The van der Waals surface area contributed by atoms with Crippen molar-refractivity contribution >= 4 is 0 Å². The molecule has 0 aliphatic rings. The van der Waals surface area contributed by atoms with Gasteiger partial charge in [-0.2, -0.15) is 0 Å². The maximum absolute atomic E-state index is 5.82. The minimum Gasteiger partial charge on any atom is -0.329 e. The molecule has 0 aliphatic heterocycles. The molecule has 0 aromatic rings. The van der Waals surface area contributed by atoms with E-state index in [-0.39, 0.29) is 0 Å². The van der Waals surface area contributed by atoms with Crippen molar-refractivity contribution < 1.29 is 0 Å². The smallest absolute Gasteiger partial charge is 0.0190 e. The van der Waals surface area contributed by atoms with E-state index in [1.165, 1.54) is 186 Å². The van der Waals surface area contributed by atoms with Crippen LogP contribution in [0, 0.1) is 0 Å². The summed E-state index contributed by atoms with van der Waals surface area (Å²) in [5.41, 5.74) is 11.4. The molecule has 0 radical (unpaired) electrons. The highest BCUT2D eigenvalue weighted by Gasteiger charge is 2.04. The Morgan fingerprint density at radius 2 is 0.676 bits per heavy atom. The molecular weight excluding hydrogens is 450 g/mol. The molecule has 224 valence electrons. The van der Waals surface area contributed by atoms with Gasteiger partial charge in [0.15, 0.2) is 0 Å². The highest BCUT2D eigenvalue weighted by Crippen LogP contribution is 2.16. The third kappa shape index (κ3) is 32.0. The summed E-state index contributed by atoms with van der Waals surface area (Å²) in [5.74, 6) is 0. The van der Waals surface area contributed by atoms with Crippen LogP contribution in [-0.4, -0.2) is 25.7 Å². The molecule has 5 N–H and O–H groups in total. The summed E-state index contributed by atoms with van der Waals surface area (Å²) in [7, 11) is 0. The van der Waals surface area contributed by atoms with Crippen LogP contribution < -0.4 is 16.8 Å². The second-order valence-electron chi connectivity index (χ2n) is 12.0. The summed E-state index contributed by atoms with van der Waals surface area (Å²) in [6.07, 6.45) is 41.9. The van der Waals surface area contributed by atoms with Crippen LogP contribution in [0.3, 0.4) is 0 Å². The number of unbranched alkanes of at least 4 members (excludes halogenated alkanes) is 27. The molecule has 0 saturated heterocycles. The number of hydrogen-bond acceptors (Lipinski definition) is 3. The van der Waals surface area contributed by atoms with Crippen molar-refractivity contribution in [1.29, 1.82) is 0 Å². The first kappa shape index (κ1) is 36.9. The second kappa shape index (κ2) is 33.9. The Balaban J connectivity index is 3.08. The fraction of sp³-hybridized carbons (Fsp3) is 1.00. The van der Waals surface area contributed by atoms with Crippen LogP contribution in [0.5, 0.6) is 0 Å². The van der Waals surface area contributed by atoms with Crippen LogP contribution in [0.4, 0.5) is 0 Å². The topological polar surface area (TPSA) is 64.1 Å². The molecule has 0 aromatic heterocycles. The maximum atomic E-state index is 5.82. The van der Waals surface area contributed by atoms with E-state index < -0.39 is 0 Å². The molecule has 1 unspecified atom stereocenters. The van der Waals surface area contributed by atoms with E-state index in [1.54, 1.807) is 0 Å². The summed E-state index contributed by atoms with van der Waals surface area (Å²) in [6, 6.07) is 0.465. The van der Waals surface area contributed by atoms with Gasteiger partial charge in [-0.05, 0) is 6.42 Å². The molecule has 0 rings (SSSR count). The Labute approximate surface area is 235 Å². The summed E-state index contributed by atoms with van der Waals surface area (Å²) in [5, 5.41) is 3.44. The van der Waals surface area contributed by atoms with Crippen molar-refractivity contribution in [1.82, 2.24) is 5.32 Å². The number of hydrogen-bond donors (Lipinski definition) is 3. The van der Waals surface area contributed by atoms with Gasteiger partial charge in [0, 0.05) is 25.7 Å². The van der Waals surface area contributed by atoms with Gasteiger partial charge in [0.25, 0.3) is 0 Å². The zero-order chi connectivity index (χ0) is 26.9. The van der Waals surface area contributed by atoms with Crippen LogP contribution in [0.15, 0.2) is 0 Å². The van der Waals surface area contributed by atoms with E-state index in [4.69, 9.17) is 11.5 Å². The predicted octanol–water partition coefficient (Wildman–Crippen LogP) is 10.2. The van der Waals surface area contributed by atoms with Crippen LogP contribution in [0.25, 0.3) is 0 Å². The Morgan fingerprint density at radius 3 is 0.919 bits per heavy atom. The molecule has 0 fully saturated rings. The standard InChI is InChI=1S/C34H73N3/c1-2-3-4-5-6-7-8-9-10-11-12-13-14-15-16-17-18-19-20-21-22-23-24-25-26-27-28-29-30-34(33-36)37-32-31-35/h34,37H,2-33,35-36H2,1H3. The first-order valence-electron chi connectivity index (χ1n) is 17.5. The lowest BCUT2D eigenvalue weighted by Gasteiger charge is -2.15. The van der Waals surface area contributed by atoms with Crippen molar-refractivity contribution in [3.8, 4) is 0 Å². The molecule has 1 atom stereocenters. The third-order valence-electron chi connectivity index (χ3n) is 8.27. The average Bonchev–Trinajstić information content (AvgIpc) is 2.92. The average molecular weight is 524 g/mol. The van der Waals surface area contributed by atoms with Crippen LogP contribution in [0.1, 0.15) is 193 Å². The van der Waals surface area contributed by atoms with Crippen LogP contribution in [0.2, 0.25) is 0 Å². The van der Waals surface area contributed by atoms with Gasteiger partial charge < -0.3 is 16.8 Å². The number of rotatable bonds is 33. The van der Waals surface area contributed by atoms with Gasteiger partial charge in [-0.25, -0.2) is 0 Å². The van der Waals surface area contributed by atoms with Crippen molar-refractivity contribution in [3.63, 3.8) is 0 Å². The third-order valence-corrected chi connectivity index (χ3v) is 8.27. The van der Waals surface area contributed by atoms with Crippen LogP contribution in [-0.2, 0) is 0 Å². The molecule has 3 nitrogen and oxygen atoms in total. The lowest BCUT2D eigenvalue weighted by molar-refractivity contribution is 0.461. The molecule has 0 saturated carbocycles. The summed E-state index contributed by atoms with van der Waals surface area (Å²) >= 11 is 0. The maximum Gasteiger partial charge on any atom is 0.0190 e. The molecule has 0 amide bonds. The SMILES string of the molecule is CCCCCCCCCCCCCCCCCCCCCCCCCCCCCCC(CN)NCCN. The molecule has 0 heterocycles. The van der Waals surface area contributed by atoms with E-state index in [0.717, 1.165) is 13.1 Å². The molecule has 0 spiro atoms. The van der Waals surface area contributed by atoms with Crippen molar-refractivity contribution in [2.45, 2.75) is 199 Å². The minimum atomic E-state index is 0.465. The Bertz CT molecular complexity index is 387. The van der Waals surface area contributed by atoms with Gasteiger partial charge in [-0.3, -0.25) is 0 Å². The number of nitrogens with one attached hydrogen (secondary N) is 1. The summed E-state index contributed by atoms with van der Waals surface area (Å²) in [4.78, 5) is 0. The van der Waals surface area contributed by atoms with E-state index >= 15 is 0 Å². The molecule has 3 heteroatoms. The highest BCUT2D eigenvalue weighted by molar-refractivity contribution is 4.67. The Hall–Kier alpha value is -0.120. The lowest BCUT2D eigenvalue weighted by Crippen LogP contribution is -2.38. The lowest BCUT2D eigenvalue weighted by atomic mass is 10.0. The first-order valence-corrected chi connectivity index (χ1v) is 17.5. The van der Waals surface area contributed by atoms with Crippen LogP contribution >= 0.6 is 0 Å². The fourth-order valence-electron chi connectivity index (χ4n) is 5.65. The minimum absolute atomic E-state index is 0.465. The molecular formula is C34H73N3. The van der Waals surface area contributed by atoms with Gasteiger partial charge in [-0.15, -0.1) is 0 Å². The molecule has 0 bridgehead atoms. The monoisotopic (exact) mass is 524 g/mol. The highest BCUT2D eigenvalue weighted by atomic mass is 14.9. The van der Waals surface area contributed by atoms with Gasteiger partial charge in [0.05, 0.1) is 0 Å². The van der Waals surface area contributed by atoms with E-state index in [2.05, 4.69) is 12.2 Å². The zero-order valence-corrected chi connectivity index (χ0v) is 25.9. The van der Waals surface area contributed by atoms with Crippen molar-refractivity contribution in [3.05, 3.63) is 0 Å². The van der Waals surface area contributed by atoms with E-state index in [0.29, 0.717) is 12.6 Å². The fourth-order valence-corrected chi connectivity index (χ4v) is 5.65. The summed E-state index contributed by atoms with van der Waals surface area (Å²) < 4.78 is 0. The van der Waals surface area contributed by atoms with Gasteiger partial charge in [-0.1, -0.05) is 187 Å². The Morgan fingerprint density at radius 1 is 0.405 bits per heavy atom. The van der Waals surface area contributed by atoms with Gasteiger partial charge in [0.2, 0.25) is 0 Å². The number of nitrogens with two attached hydrogens (primary N) is 2. The quantitative estimate of drug-likeness (QED) is 0.0749. The predicted molar refractivity (Wildman–Crippen MR) is 169 cm³/mol. The van der Waals surface area contributed by atoms with Gasteiger partial charge >= 0.3 is 0 Å². The normalized spacial score (nSPS) is 12.4. The second-order valence-corrected chi connectivity index (χ2v) is 12.0. The van der Waals surface area contributed by atoms with Crippen molar-refractivity contribution in [2.75, 3.05) is 19.6 Å². The van der Waals surface area contributed by atoms with Gasteiger partial charge in [0.1, 0.15) is 0 Å². The zero-order valence-electron chi connectivity index (χ0n) is 25.9.